The Bertz CT molecular complexity index is 348. The van der Waals surface area contributed by atoms with Crippen LogP contribution in [0.3, 0.4) is 0 Å². The van der Waals surface area contributed by atoms with Crippen molar-refractivity contribution in [1.82, 2.24) is 0 Å². The molecule has 1 aliphatic rings. The second kappa shape index (κ2) is 5.17. The number of hydrogen-bond acceptors (Lipinski definition) is 3. The van der Waals surface area contributed by atoms with E-state index in [0.717, 1.165) is 5.56 Å². The summed E-state index contributed by atoms with van der Waals surface area (Å²) in [4.78, 5) is 0. The van der Waals surface area contributed by atoms with Gasteiger partial charge in [-0.15, -0.1) is 0 Å². The Hall–Kier alpha value is -0.900. The maximum absolute atomic E-state index is 9.76. The second-order valence-corrected chi connectivity index (χ2v) is 5.10. The molecule has 0 saturated carbocycles. The predicted molar refractivity (Wildman–Crippen MR) is 65.7 cm³/mol. The highest BCUT2D eigenvalue weighted by molar-refractivity contribution is 5.13. The summed E-state index contributed by atoms with van der Waals surface area (Å²) in [7, 11) is 0. The van der Waals surface area contributed by atoms with Crippen molar-refractivity contribution < 1.29 is 14.6 Å². The van der Waals surface area contributed by atoms with Crippen LogP contribution < -0.4 is 0 Å². The van der Waals surface area contributed by atoms with Crippen molar-refractivity contribution in [3.63, 3.8) is 0 Å². The molecule has 94 valence electrons. The minimum Gasteiger partial charge on any atom is -0.390 e. The van der Waals surface area contributed by atoms with E-state index in [2.05, 4.69) is 0 Å². The number of ether oxygens (including phenoxy) is 2. The van der Waals surface area contributed by atoms with Gasteiger partial charge in [-0.1, -0.05) is 30.3 Å². The summed E-state index contributed by atoms with van der Waals surface area (Å²) in [6.07, 6.45) is 0.262. The van der Waals surface area contributed by atoms with Gasteiger partial charge in [0.05, 0.1) is 31.0 Å². The minimum atomic E-state index is -0.444. The molecule has 1 saturated heterocycles. The van der Waals surface area contributed by atoms with Crippen LogP contribution in [-0.4, -0.2) is 29.5 Å². The molecule has 1 aliphatic heterocycles. The van der Waals surface area contributed by atoms with Crippen molar-refractivity contribution in [3.05, 3.63) is 35.9 Å². The first-order chi connectivity index (χ1) is 8.08. The lowest BCUT2D eigenvalue weighted by Gasteiger charge is -2.22. The summed E-state index contributed by atoms with van der Waals surface area (Å²) < 4.78 is 11.3. The minimum absolute atomic E-state index is 0.00344. The summed E-state index contributed by atoms with van der Waals surface area (Å²) in [5.74, 6) is 0. The number of rotatable bonds is 4. The molecule has 2 atom stereocenters. The van der Waals surface area contributed by atoms with Gasteiger partial charge >= 0.3 is 0 Å². The number of hydrogen-bond donors (Lipinski definition) is 1. The highest BCUT2D eigenvalue weighted by Gasteiger charge is 2.40. The van der Waals surface area contributed by atoms with E-state index in [0.29, 0.717) is 19.6 Å². The average Bonchev–Trinajstić information content (AvgIpc) is 2.54. The Morgan fingerprint density at radius 3 is 2.65 bits per heavy atom. The SMILES string of the molecule is CC1(C)OC(COCc2ccccc2)CC1O. The number of aliphatic hydroxyl groups excluding tert-OH is 1. The fraction of sp³-hybridized carbons (Fsp3) is 0.571. The van der Waals surface area contributed by atoms with Crippen LogP contribution in [-0.2, 0) is 16.1 Å². The summed E-state index contributed by atoms with van der Waals surface area (Å²) >= 11 is 0. The topological polar surface area (TPSA) is 38.7 Å². The van der Waals surface area contributed by atoms with E-state index in [1.165, 1.54) is 0 Å². The van der Waals surface area contributed by atoms with Crippen LogP contribution >= 0.6 is 0 Å². The third-order valence-electron chi connectivity index (χ3n) is 3.17. The number of benzene rings is 1. The zero-order valence-corrected chi connectivity index (χ0v) is 10.4. The molecular formula is C14H20O3. The molecule has 0 radical (unpaired) electrons. The lowest BCUT2D eigenvalue weighted by Crippen LogP contribution is -2.31. The number of aliphatic hydroxyl groups is 1. The van der Waals surface area contributed by atoms with Crippen LogP contribution in [0, 0.1) is 0 Å². The van der Waals surface area contributed by atoms with E-state index in [1.54, 1.807) is 0 Å². The van der Waals surface area contributed by atoms with E-state index in [1.807, 2.05) is 44.2 Å². The molecule has 1 N–H and O–H groups in total. The second-order valence-electron chi connectivity index (χ2n) is 5.10. The van der Waals surface area contributed by atoms with Crippen LogP contribution in [0.1, 0.15) is 25.8 Å². The van der Waals surface area contributed by atoms with E-state index in [4.69, 9.17) is 9.47 Å². The van der Waals surface area contributed by atoms with Gasteiger partial charge in [0.25, 0.3) is 0 Å². The van der Waals surface area contributed by atoms with E-state index < -0.39 is 11.7 Å². The lowest BCUT2D eigenvalue weighted by molar-refractivity contribution is -0.0790. The fourth-order valence-electron chi connectivity index (χ4n) is 2.07. The first kappa shape index (κ1) is 12.6. The van der Waals surface area contributed by atoms with Crippen molar-refractivity contribution in [1.29, 1.82) is 0 Å². The average molecular weight is 236 g/mol. The van der Waals surface area contributed by atoms with Gasteiger partial charge < -0.3 is 14.6 Å². The van der Waals surface area contributed by atoms with Gasteiger partial charge in [-0.2, -0.15) is 0 Å². The summed E-state index contributed by atoms with van der Waals surface area (Å²) in [6, 6.07) is 10.1. The zero-order valence-electron chi connectivity index (χ0n) is 10.4. The molecule has 2 rings (SSSR count). The molecule has 1 fully saturated rings. The quantitative estimate of drug-likeness (QED) is 0.870. The molecule has 17 heavy (non-hydrogen) atoms. The first-order valence-electron chi connectivity index (χ1n) is 6.05. The van der Waals surface area contributed by atoms with Crippen LogP contribution in [0.2, 0.25) is 0 Å². The molecule has 1 aromatic rings. The van der Waals surface area contributed by atoms with Crippen molar-refractivity contribution in [2.75, 3.05) is 6.61 Å². The molecule has 1 heterocycles. The van der Waals surface area contributed by atoms with Gasteiger partial charge in [-0.25, -0.2) is 0 Å². The summed E-state index contributed by atoms with van der Waals surface area (Å²) in [6.45, 7) is 4.95. The standard InChI is InChI=1S/C14H20O3/c1-14(2)13(15)8-12(17-14)10-16-9-11-6-4-3-5-7-11/h3-7,12-13,15H,8-10H2,1-2H3. The molecule has 1 aromatic carbocycles. The van der Waals surface area contributed by atoms with Crippen LogP contribution in [0.15, 0.2) is 30.3 Å². The van der Waals surface area contributed by atoms with Gasteiger partial charge in [0.2, 0.25) is 0 Å². The Balaban J connectivity index is 1.74. The van der Waals surface area contributed by atoms with E-state index >= 15 is 0 Å². The maximum Gasteiger partial charge on any atom is 0.0890 e. The fourth-order valence-corrected chi connectivity index (χ4v) is 2.07. The van der Waals surface area contributed by atoms with E-state index in [-0.39, 0.29) is 6.10 Å². The highest BCUT2D eigenvalue weighted by Crippen LogP contribution is 2.30. The molecule has 2 unspecified atom stereocenters. The predicted octanol–water partition coefficient (Wildman–Crippen LogP) is 2.13. The Labute approximate surface area is 102 Å². The zero-order chi connectivity index (χ0) is 12.3. The smallest absolute Gasteiger partial charge is 0.0890 e. The molecule has 0 amide bonds. The van der Waals surface area contributed by atoms with Gasteiger partial charge in [0.1, 0.15) is 0 Å². The lowest BCUT2D eigenvalue weighted by atomic mass is 10.0. The Morgan fingerprint density at radius 2 is 2.06 bits per heavy atom. The third-order valence-corrected chi connectivity index (χ3v) is 3.17. The summed E-state index contributed by atoms with van der Waals surface area (Å²) in [5.41, 5.74) is 0.714. The Morgan fingerprint density at radius 1 is 1.35 bits per heavy atom. The van der Waals surface area contributed by atoms with Crippen LogP contribution in [0.25, 0.3) is 0 Å². The molecule has 3 heteroatoms. The molecule has 0 bridgehead atoms. The third kappa shape index (κ3) is 3.28. The van der Waals surface area contributed by atoms with Crippen molar-refractivity contribution >= 4 is 0 Å². The summed E-state index contributed by atoms with van der Waals surface area (Å²) in [5, 5.41) is 9.76. The Kier molecular flexibility index (Phi) is 3.82. The highest BCUT2D eigenvalue weighted by atomic mass is 16.6. The first-order valence-corrected chi connectivity index (χ1v) is 6.05. The normalized spacial score (nSPS) is 27.2. The van der Waals surface area contributed by atoms with Gasteiger partial charge in [-0.3, -0.25) is 0 Å². The van der Waals surface area contributed by atoms with Gasteiger partial charge in [0.15, 0.2) is 0 Å². The largest absolute Gasteiger partial charge is 0.390 e. The van der Waals surface area contributed by atoms with Gasteiger partial charge in [-0.05, 0) is 19.4 Å². The molecule has 0 spiro atoms. The van der Waals surface area contributed by atoms with Crippen molar-refractivity contribution in [2.45, 2.75) is 44.7 Å². The molecule has 0 aliphatic carbocycles. The van der Waals surface area contributed by atoms with Crippen LogP contribution in [0.5, 0.6) is 0 Å². The van der Waals surface area contributed by atoms with Crippen LogP contribution in [0.4, 0.5) is 0 Å². The van der Waals surface area contributed by atoms with Crippen molar-refractivity contribution in [2.24, 2.45) is 0 Å². The maximum atomic E-state index is 9.76. The van der Waals surface area contributed by atoms with E-state index in [9.17, 15) is 5.11 Å². The molecule has 3 nitrogen and oxygen atoms in total. The molecule has 0 aromatic heterocycles. The van der Waals surface area contributed by atoms with Gasteiger partial charge in [0, 0.05) is 6.42 Å². The monoisotopic (exact) mass is 236 g/mol. The molecular weight excluding hydrogens is 216 g/mol. The van der Waals surface area contributed by atoms with Crippen molar-refractivity contribution in [3.8, 4) is 0 Å².